The summed E-state index contributed by atoms with van der Waals surface area (Å²) in [5.74, 6) is -1.21. The molecule has 1 aliphatic rings. The first-order chi connectivity index (χ1) is 15.2. The van der Waals surface area contributed by atoms with Crippen LogP contribution in [-0.4, -0.2) is 52.2 Å². The van der Waals surface area contributed by atoms with Gasteiger partial charge in [-0.2, -0.15) is 0 Å². The van der Waals surface area contributed by atoms with Crippen molar-refractivity contribution in [2.24, 2.45) is 0 Å². The Morgan fingerprint density at radius 3 is 2.15 bits per heavy atom. The molecule has 7 nitrogen and oxygen atoms in total. The van der Waals surface area contributed by atoms with E-state index in [0.717, 1.165) is 5.56 Å². The largest absolute Gasteiger partial charge is 0.459 e. The lowest BCUT2D eigenvalue weighted by Crippen LogP contribution is -2.62. The van der Waals surface area contributed by atoms with Crippen molar-refractivity contribution in [3.05, 3.63) is 34.3 Å². The van der Waals surface area contributed by atoms with E-state index in [4.69, 9.17) is 21.1 Å². The number of benzene rings is 1. The number of rotatable bonds is 7. The quantitative estimate of drug-likeness (QED) is 0.578. The molecule has 1 N–H and O–H groups in total. The summed E-state index contributed by atoms with van der Waals surface area (Å²) in [4.78, 5) is 41.0. The summed E-state index contributed by atoms with van der Waals surface area (Å²) < 4.78 is 11.2. The normalized spacial score (nSPS) is 18.4. The highest BCUT2D eigenvalue weighted by molar-refractivity contribution is 6.31. The Labute approximate surface area is 202 Å². The van der Waals surface area contributed by atoms with Crippen LogP contribution in [0.1, 0.15) is 84.2 Å². The van der Waals surface area contributed by atoms with Crippen molar-refractivity contribution in [3.63, 3.8) is 0 Å². The van der Waals surface area contributed by atoms with Crippen LogP contribution in [0.4, 0.5) is 0 Å². The standard InChI is InChI=1S/C25H37ClN2O5/c1-9-18(22(30)32-24(3,4)5)27-20-13-15-11-12-16(26)14-17(15)21(29)28(20)19(10-2)23(31)33-25(6,7)8/h11-12,14,18-20,27H,9-10,13H2,1-8H3/t18?,19-,20?/m0/s1. The van der Waals surface area contributed by atoms with E-state index in [9.17, 15) is 14.4 Å². The molecule has 8 heteroatoms. The molecule has 0 aromatic heterocycles. The zero-order valence-electron chi connectivity index (χ0n) is 21.0. The van der Waals surface area contributed by atoms with Gasteiger partial charge in [0.1, 0.15) is 23.3 Å². The highest BCUT2D eigenvalue weighted by Gasteiger charge is 2.42. The van der Waals surface area contributed by atoms with E-state index in [0.29, 0.717) is 29.8 Å². The zero-order chi connectivity index (χ0) is 25.1. The molecule has 0 bridgehead atoms. The number of carbonyl (C=O) groups is 3. The van der Waals surface area contributed by atoms with E-state index in [1.54, 1.807) is 32.9 Å². The predicted molar refractivity (Wildman–Crippen MR) is 128 cm³/mol. The highest BCUT2D eigenvalue weighted by atomic mass is 35.5. The zero-order valence-corrected chi connectivity index (χ0v) is 21.7. The monoisotopic (exact) mass is 480 g/mol. The van der Waals surface area contributed by atoms with Gasteiger partial charge < -0.3 is 14.4 Å². The summed E-state index contributed by atoms with van der Waals surface area (Å²) >= 11 is 6.16. The highest BCUT2D eigenvalue weighted by Crippen LogP contribution is 2.29. The smallest absolute Gasteiger partial charge is 0.329 e. The van der Waals surface area contributed by atoms with Crippen LogP contribution in [0, 0.1) is 0 Å². The Morgan fingerprint density at radius 2 is 1.64 bits per heavy atom. The minimum Gasteiger partial charge on any atom is -0.459 e. The number of nitrogens with zero attached hydrogens (tertiary/aromatic N) is 1. The van der Waals surface area contributed by atoms with E-state index in [2.05, 4.69) is 5.32 Å². The van der Waals surface area contributed by atoms with Gasteiger partial charge in [0.2, 0.25) is 0 Å². The molecule has 0 saturated heterocycles. The van der Waals surface area contributed by atoms with Gasteiger partial charge in [-0.05, 0) is 72.1 Å². The van der Waals surface area contributed by atoms with Crippen molar-refractivity contribution in [2.75, 3.05) is 0 Å². The van der Waals surface area contributed by atoms with Gasteiger partial charge in [-0.15, -0.1) is 0 Å². The topological polar surface area (TPSA) is 84.9 Å². The van der Waals surface area contributed by atoms with Crippen LogP contribution in [0.2, 0.25) is 5.02 Å². The number of ether oxygens (including phenoxy) is 2. The molecule has 0 fully saturated rings. The van der Waals surface area contributed by atoms with Crippen LogP contribution >= 0.6 is 11.6 Å². The summed E-state index contributed by atoms with van der Waals surface area (Å²) in [6, 6.07) is 3.70. The van der Waals surface area contributed by atoms with Gasteiger partial charge in [-0.25, -0.2) is 4.79 Å². The maximum absolute atomic E-state index is 13.6. The SMILES string of the molecule is CCC(NC1Cc2ccc(Cl)cc2C(=O)N1[C@@H](CC)C(=O)OC(C)(C)C)C(=O)OC(C)(C)C. The second-order valence-corrected chi connectivity index (χ2v) is 10.8. The number of carbonyl (C=O) groups excluding carboxylic acids is 3. The molecule has 33 heavy (non-hydrogen) atoms. The van der Waals surface area contributed by atoms with Gasteiger partial charge in [0.25, 0.3) is 5.91 Å². The number of esters is 2. The molecule has 184 valence electrons. The van der Waals surface area contributed by atoms with Gasteiger partial charge in [0.15, 0.2) is 0 Å². The predicted octanol–water partition coefficient (Wildman–Crippen LogP) is 4.49. The molecule has 0 spiro atoms. The molecule has 2 rings (SSSR count). The second kappa shape index (κ2) is 10.4. The average Bonchev–Trinajstić information content (AvgIpc) is 2.66. The van der Waals surface area contributed by atoms with Crippen LogP contribution in [0.25, 0.3) is 0 Å². The van der Waals surface area contributed by atoms with E-state index < -0.39 is 41.4 Å². The van der Waals surface area contributed by atoms with Crippen molar-refractivity contribution in [1.82, 2.24) is 10.2 Å². The number of hydrogen-bond acceptors (Lipinski definition) is 6. The first kappa shape index (κ1) is 27.1. The Hall–Kier alpha value is -2.12. The van der Waals surface area contributed by atoms with Crippen molar-refractivity contribution in [3.8, 4) is 0 Å². The third kappa shape index (κ3) is 7.18. The van der Waals surface area contributed by atoms with Crippen LogP contribution in [-0.2, 0) is 25.5 Å². The maximum Gasteiger partial charge on any atom is 0.329 e. The number of nitrogens with one attached hydrogen (secondary N) is 1. The lowest BCUT2D eigenvalue weighted by Gasteiger charge is -2.42. The molecule has 0 saturated carbocycles. The Bertz CT molecular complexity index is 888. The van der Waals surface area contributed by atoms with Crippen LogP contribution in [0.5, 0.6) is 0 Å². The van der Waals surface area contributed by atoms with Crippen LogP contribution in [0.3, 0.4) is 0 Å². The second-order valence-electron chi connectivity index (χ2n) is 10.4. The number of halogens is 1. The van der Waals surface area contributed by atoms with Gasteiger partial charge in [-0.1, -0.05) is 31.5 Å². The number of hydrogen-bond donors (Lipinski definition) is 1. The molecule has 0 aliphatic carbocycles. The molecule has 2 unspecified atom stereocenters. The van der Waals surface area contributed by atoms with Crippen LogP contribution in [0.15, 0.2) is 18.2 Å². The fourth-order valence-corrected chi connectivity index (χ4v) is 3.99. The van der Waals surface area contributed by atoms with Crippen molar-refractivity contribution in [1.29, 1.82) is 0 Å². The molecular formula is C25H37ClN2O5. The summed E-state index contributed by atoms with van der Waals surface area (Å²) in [5.41, 5.74) is -0.0835. The molecule has 3 atom stereocenters. The van der Waals surface area contributed by atoms with Gasteiger partial charge >= 0.3 is 11.9 Å². The van der Waals surface area contributed by atoms with Gasteiger partial charge in [0, 0.05) is 17.0 Å². The minimum atomic E-state index is -0.822. The fraction of sp³-hybridized carbons (Fsp3) is 0.640. The first-order valence-electron chi connectivity index (χ1n) is 11.5. The molecule has 1 aliphatic heterocycles. The number of fused-ring (bicyclic) bond motifs is 1. The molecular weight excluding hydrogens is 444 g/mol. The molecule has 1 aromatic carbocycles. The Balaban J connectivity index is 2.45. The first-order valence-corrected chi connectivity index (χ1v) is 11.9. The van der Waals surface area contributed by atoms with Crippen molar-refractivity contribution >= 4 is 29.4 Å². The fourth-order valence-electron chi connectivity index (χ4n) is 3.82. The summed E-state index contributed by atoms with van der Waals surface area (Å²) in [7, 11) is 0. The lowest BCUT2D eigenvalue weighted by atomic mass is 9.94. The summed E-state index contributed by atoms with van der Waals surface area (Å²) in [6.45, 7) is 14.5. The molecule has 0 radical (unpaired) electrons. The average molecular weight is 481 g/mol. The minimum absolute atomic E-state index is 0.326. The summed E-state index contributed by atoms with van der Waals surface area (Å²) in [6.07, 6.45) is 0.639. The number of amides is 1. The van der Waals surface area contributed by atoms with Gasteiger partial charge in [0.05, 0.1) is 6.17 Å². The molecule has 1 amide bonds. The third-order valence-corrected chi connectivity index (χ3v) is 5.42. The van der Waals surface area contributed by atoms with E-state index >= 15 is 0 Å². The van der Waals surface area contributed by atoms with Gasteiger partial charge in [-0.3, -0.25) is 14.9 Å². The summed E-state index contributed by atoms with van der Waals surface area (Å²) in [5, 5.41) is 3.73. The Morgan fingerprint density at radius 1 is 1.06 bits per heavy atom. The van der Waals surface area contributed by atoms with Crippen molar-refractivity contribution < 1.29 is 23.9 Å². The van der Waals surface area contributed by atoms with E-state index in [-0.39, 0.29) is 5.91 Å². The lowest BCUT2D eigenvalue weighted by molar-refractivity contribution is -0.162. The van der Waals surface area contributed by atoms with Crippen molar-refractivity contribution in [2.45, 2.75) is 104 Å². The van der Waals surface area contributed by atoms with E-state index in [1.807, 2.05) is 40.7 Å². The molecule has 1 heterocycles. The van der Waals surface area contributed by atoms with E-state index in [1.165, 1.54) is 4.90 Å². The maximum atomic E-state index is 13.6. The Kier molecular flexibility index (Phi) is 8.57. The third-order valence-electron chi connectivity index (χ3n) is 5.18. The molecule has 1 aromatic rings. The van der Waals surface area contributed by atoms with Crippen LogP contribution < -0.4 is 5.32 Å².